The summed E-state index contributed by atoms with van der Waals surface area (Å²) in [4.78, 5) is 15.4. The molecule has 186 valence electrons. The zero-order valence-corrected chi connectivity index (χ0v) is 19.5. The minimum atomic E-state index is -4.14. The molecule has 4 rings (SSSR count). The van der Waals surface area contributed by atoms with Crippen LogP contribution in [0.4, 0.5) is 13.2 Å². The molecule has 1 amide bonds. The van der Waals surface area contributed by atoms with E-state index in [1.54, 1.807) is 4.90 Å². The van der Waals surface area contributed by atoms with Gasteiger partial charge in [0.2, 0.25) is 5.91 Å². The van der Waals surface area contributed by atoms with Gasteiger partial charge in [0.25, 0.3) is 0 Å². The average Bonchev–Trinajstić information content (AvgIpc) is 3.40. The monoisotopic (exact) mass is 471 g/mol. The lowest BCUT2D eigenvalue weighted by molar-refractivity contribution is -0.198. The Kier molecular flexibility index (Phi) is 7.35. The number of carbonyl (C=O) groups is 1. The lowest BCUT2D eigenvalue weighted by Gasteiger charge is -2.39. The van der Waals surface area contributed by atoms with Gasteiger partial charge in [-0.1, -0.05) is 26.2 Å². The molecule has 33 heavy (non-hydrogen) atoms. The number of halogens is 3. The van der Waals surface area contributed by atoms with E-state index < -0.39 is 24.4 Å². The van der Waals surface area contributed by atoms with Gasteiger partial charge in [-0.3, -0.25) is 20.1 Å². The van der Waals surface area contributed by atoms with Gasteiger partial charge in [0.1, 0.15) is 11.9 Å². The molecule has 3 N–H and O–H groups in total. The molecule has 1 aromatic rings. The molecule has 0 radical (unpaired) electrons. The van der Waals surface area contributed by atoms with Crippen molar-refractivity contribution >= 4 is 5.91 Å². The summed E-state index contributed by atoms with van der Waals surface area (Å²) in [6.07, 6.45) is -1.20. The highest BCUT2D eigenvalue weighted by Gasteiger charge is 2.49. The topological polar surface area (TPSA) is 84.5 Å². The summed E-state index contributed by atoms with van der Waals surface area (Å²) >= 11 is 0. The summed E-state index contributed by atoms with van der Waals surface area (Å²) in [6, 6.07) is -0.426. The SMILES string of the molecule is CCC1CN(C2CCCCC2C(F)(F)F)CC1CNC(O)c1n[nH]c2c1CCN(C(C)=O)C2. The number of aromatic amines is 1. The summed E-state index contributed by atoms with van der Waals surface area (Å²) in [5.74, 6) is -0.732. The standard InChI is InChI=1S/C23H36F3N5O2/c1-3-15-11-31(20-7-5-4-6-18(20)23(24,25)26)12-16(15)10-27-22(33)21-17-8-9-30(14(2)32)13-19(17)28-29-21/h15-16,18,20,22,27,33H,3-13H2,1-2H3,(H,28,29). The van der Waals surface area contributed by atoms with E-state index in [-0.39, 0.29) is 18.2 Å². The predicted molar refractivity (Wildman–Crippen MR) is 117 cm³/mol. The fourth-order valence-corrected chi connectivity index (χ4v) is 6.07. The van der Waals surface area contributed by atoms with Gasteiger partial charge >= 0.3 is 6.18 Å². The molecule has 3 heterocycles. The Bertz CT molecular complexity index is 830. The van der Waals surface area contributed by atoms with E-state index in [1.807, 2.05) is 0 Å². The number of aliphatic hydroxyl groups excluding tert-OH is 1. The third-order valence-electron chi connectivity index (χ3n) is 7.99. The zero-order valence-electron chi connectivity index (χ0n) is 19.5. The molecule has 1 aliphatic carbocycles. The molecule has 0 aromatic carbocycles. The van der Waals surface area contributed by atoms with Crippen LogP contribution in [0.1, 0.15) is 69.1 Å². The van der Waals surface area contributed by atoms with E-state index in [9.17, 15) is 23.1 Å². The molecule has 0 bridgehead atoms. The van der Waals surface area contributed by atoms with E-state index in [0.717, 1.165) is 24.1 Å². The van der Waals surface area contributed by atoms with Crippen LogP contribution in [0.25, 0.3) is 0 Å². The minimum absolute atomic E-state index is 0.0117. The third-order valence-corrected chi connectivity index (χ3v) is 7.99. The predicted octanol–water partition coefficient (Wildman–Crippen LogP) is 2.97. The van der Waals surface area contributed by atoms with Crippen LogP contribution in [0.3, 0.4) is 0 Å². The lowest BCUT2D eigenvalue weighted by atomic mass is 9.83. The molecule has 1 saturated heterocycles. The normalized spacial score (nSPS) is 29.8. The van der Waals surface area contributed by atoms with Crippen LogP contribution in [0.2, 0.25) is 0 Å². The molecule has 2 aliphatic heterocycles. The number of carbonyl (C=O) groups excluding carboxylic acids is 1. The average molecular weight is 472 g/mol. The molecule has 5 unspecified atom stereocenters. The summed E-state index contributed by atoms with van der Waals surface area (Å²) in [5, 5.41) is 21.2. The van der Waals surface area contributed by atoms with Gasteiger partial charge in [-0.15, -0.1) is 0 Å². The first-order valence-electron chi connectivity index (χ1n) is 12.2. The molecule has 3 aliphatic rings. The number of nitrogens with one attached hydrogen (secondary N) is 2. The lowest BCUT2D eigenvalue weighted by Crippen LogP contribution is -2.47. The molecule has 0 spiro atoms. The summed E-state index contributed by atoms with van der Waals surface area (Å²) in [7, 11) is 0. The van der Waals surface area contributed by atoms with Gasteiger partial charge in [0.05, 0.1) is 18.2 Å². The number of alkyl halides is 3. The van der Waals surface area contributed by atoms with Gasteiger partial charge in [-0.25, -0.2) is 0 Å². The van der Waals surface area contributed by atoms with Crippen molar-refractivity contribution in [3.63, 3.8) is 0 Å². The second-order valence-corrected chi connectivity index (χ2v) is 9.95. The van der Waals surface area contributed by atoms with Gasteiger partial charge in [-0.05, 0) is 31.1 Å². The fraction of sp³-hybridized carbons (Fsp3) is 0.826. The fourth-order valence-electron chi connectivity index (χ4n) is 6.07. The zero-order chi connectivity index (χ0) is 23.8. The first-order chi connectivity index (χ1) is 15.7. The van der Waals surface area contributed by atoms with Crippen LogP contribution in [-0.4, -0.2) is 69.4 Å². The Morgan fingerprint density at radius 3 is 2.70 bits per heavy atom. The largest absolute Gasteiger partial charge is 0.393 e. The van der Waals surface area contributed by atoms with E-state index in [0.29, 0.717) is 63.6 Å². The molecule has 1 aromatic heterocycles. The Morgan fingerprint density at radius 2 is 2.00 bits per heavy atom. The molecule has 7 nitrogen and oxygen atoms in total. The quantitative estimate of drug-likeness (QED) is 0.556. The number of likely N-dealkylation sites (tertiary alicyclic amines) is 1. The first kappa shape index (κ1) is 24.5. The number of nitrogens with zero attached hydrogens (tertiary/aromatic N) is 3. The molecular formula is C23H36F3N5O2. The smallest absolute Gasteiger partial charge is 0.373 e. The highest BCUT2D eigenvalue weighted by molar-refractivity contribution is 5.73. The van der Waals surface area contributed by atoms with Crippen molar-refractivity contribution in [2.75, 3.05) is 26.2 Å². The van der Waals surface area contributed by atoms with Crippen molar-refractivity contribution in [3.05, 3.63) is 17.0 Å². The van der Waals surface area contributed by atoms with E-state index in [2.05, 4.69) is 27.3 Å². The van der Waals surface area contributed by atoms with Gasteiger partial charge in [-0.2, -0.15) is 18.3 Å². The van der Waals surface area contributed by atoms with E-state index >= 15 is 0 Å². The molecule has 2 fully saturated rings. The Hall–Kier alpha value is -1.65. The number of H-pyrrole nitrogens is 1. The summed E-state index contributed by atoms with van der Waals surface area (Å²) in [5.41, 5.74) is 2.35. The maximum atomic E-state index is 13.6. The third kappa shape index (κ3) is 5.22. The molecule has 5 atom stereocenters. The van der Waals surface area contributed by atoms with Crippen molar-refractivity contribution in [2.24, 2.45) is 17.8 Å². The molecular weight excluding hydrogens is 435 g/mol. The second-order valence-electron chi connectivity index (χ2n) is 9.95. The van der Waals surface area contributed by atoms with Crippen molar-refractivity contribution in [1.82, 2.24) is 25.3 Å². The minimum Gasteiger partial charge on any atom is -0.373 e. The van der Waals surface area contributed by atoms with E-state index in [1.165, 1.54) is 6.92 Å². The number of aliphatic hydroxyl groups is 1. The maximum Gasteiger partial charge on any atom is 0.393 e. The van der Waals surface area contributed by atoms with Gasteiger partial charge in [0.15, 0.2) is 0 Å². The Balaban J connectivity index is 1.37. The highest BCUT2D eigenvalue weighted by atomic mass is 19.4. The molecule has 10 heteroatoms. The summed E-state index contributed by atoms with van der Waals surface area (Å²) in [6.45, 7) is 6.53. The van der Waals surface area contributed by atoms with Crippen LogP contribution >= 0.6 is 0 Å². The number of rotatable bonds is 6. The van der Waals surface area contributed by atoms with Crippen LogP contribution < -0.4 is 5.32 Å². The van der Waals surface area contributed by atoms with Crippen LogP contribution in [0.5, 0.6) is 0 Å². The van der Waals surface area contributed by atoms with Crippen molar-refractivity contribution < 1.29 is 23.1 Å². The molecule has 1 saturated carbocycles. The number of hydrogen-bond acceptors (Lipinski definition) is 5. The number of amides is 1. The van der Waals surface area contributed by atoms with Crippen LogP contribution in [0, 0.1) is 17.8 Å². The highest BCUT2D eigenvalue weighted by Crippen LogP contribution is 2.42. The number of aromatic nitrogens is 2. The Labute approximate surface area is 193 Å². The summed E-state index contributed by atoms with van der Waals surface area (Å²) < 4.78 is 40.9. The van der Waals surface area contributed by atoms with Crippen molar-refractivity contribution in [1.29, 1.82) is 0 Å². The number of fused-ring (bicyclic) bond motifs is 1. The second kappa shape index (κ2) is 9.92. The van der Waals surface area contributed by atoms with Gasteiger partial charge < -0.3 is 10.0 Å². The van der Waals surface area contributed by atoms with Gasteiger partial charge in [0, 0.05) is 44.7 Å². The number of hydrogen-bond donors (Lipinski definition) is 3. The Morgan fingerprint density at radius 1 is 1.27 bits per heavy atom. The maximum absolute atomic E-state index is 13.6. The van der Waals surface area contributed by atoms with Crippen LogP contribution in [0.15, 0.2) is 0 Å². The van der Waals surface area contributed by atoms with Crippen molar-refractivity contribution in [2.45, 2.75) is 77.4 Å². The first-order valence-corrected chi connectivity index (χ1v) is 12.2. The van der Waals surface area contributed by atoms with Crippen LogP contribution in [-0.2, 0) is 17.8 Å². The van der Waals surface area contributed by atoms with Crippen molar-refractivity contribution in [3.8, 4) is 0 Å². The van der Waals surface area contributed by atoms with E-state index in [4.69, 9.17) is 0 Å².